The van der Waals surface area contributed by atoms with Crippen LogP contribution in [0.1, 0.15) is 29.5 Å². The van der Waals surface area contributed by atoms with Crippen molar-refractivity contribution in [3.05, 3.63) is 52.3 Å². The predicted octanol–water partition coefficient (Wildman–Crippen LogP) is 3.67. The molecule has 150 valence electrons. The van der Waals surface area contributed by atoms with E-state index in [2.05, 4.69) is 4.98 Å². The average Bonchev–Trinajstić information content (AvgIpc) is 2.64. The number of ether oxygens (including phenoxy) is 1. The molecule has 0 amide bonds. The van der Waals surface area contributed by atoms with Crippen molar-refractivity contribution in [2.24, 2.45) is 5.92 Å². The Kier molecular flexibility index (Phi) is 6.07. The quantitative estimate of drug-likeness (QED) is 0.427. The molecule has 0 spiro atoms. The molecule has 2 aromatic rings. The van der Waals surface area contributed by atoms with E-state index in [0.29, 0.717) is 18.6 Å². The average molecular weight is 423 g/mol. The van der Waals surface area contributed by atoms with Gasteiger partial charge in [0.1, 0.15) is 15.8 Å². The maximum absolute atomic E-state index is 12.8. The van der Waals surface area contributed by atoms with Gasteiger partial charge in [0.15, 0.2) is 0 Å². The van der Waals surface area contributed by atoms with Gasteiger partial charge in [-0.25, -0.2) is 13.4 Å². The molecule has 0 unspecified atom stereocenters. The van der Waals surface area contributed by atoms with Crippen LogP contribution in [0.25, 0.3) is 0 Å². The number of rotatable bonds is 4. The third kappa shape index (κ3) is 4.21. The molecule has 1 aliphatic heterocycles. The number of esters is 1. The monoisotopic (exact) mass is 422 g/mol. The Labute approximate surface area is 170 Å². The Hall–Kier alpha value is -1.96. The zero-order chi connectivity index (χ0) is 20.5. The van der Waals surface area contributed by atoms with Gasteiger partial charge in [-0.05, 0) is 56.9 Å². The first-order valence-electron chi connectivity index (χ1n) is 9.10. The van der Waals surface area contributed by atoms with Crippen LogP contribution in [-0.4, -0.2) is 36.8 Å². The number of pyridine rings is 1. The molecule has 0 N–H and O–H groups in total. The number of nitrogens with zero attached hydrogens (tertiary/aromatic N) is 2. The summed E-state index contributed by atoms with van der Waals surface area (Å²) in [5.74, 6) is -0.0600. The molecular formula is C20H23ClN2O4S. The summed E-state index contributed by atoms with van der Waals surface area (Å²) in [4.78, 5) is 16.4. The highest BCUT2D eigenvalue weighted by molar-refractivity contribution is 7.89. The highest BCUT2D eigenvalue weighted by Gasteiger charge is 2.34. The number of aryl methyl sites for hydroxylation is 3. The first kappa shape index (κ1) is 20.8. The fourth-order valence-electron chi connectivity index (χ4n) is 3.55. The minimum atomic E-state index is -3.73. The number of piperidine rings is 1. The molecule has 0 atom stereocenters. The summed E-state index contributed by atoms with van der Waals surface area (Å²) >= 11 is 5.95. The molecule has 1 saturated heterocycles. The Bertz CT molecular complexity index is 976. The normalized spacial score (nSPS) is 16.1. The van der Waals surface area contributed by atoms with Crippen molar-refractivity contribution in [2.75, 3.05) is 13.1 Å². The maximum Gasteiger partial charge on any atom is 0.314 e. The number of sulfonamides is 1. The van der Waals surface area contributed by atoms with Gasteiger partial charge in [0.25, 0.3) is 0 Å². The van der Waals surface area contributed by atoms with Crippen molar-refractivity contribution in [1.29, 1.82) is 0 Å². The second kappa shape index (κ2) is 8.19. The van der Waals surface area contributed by atoms with Gasteiger partial charge in [0.05, 0.1) is 5.92 Å². The minimum absolute atomic E-state index is 0.0106. The molecular weight excluding hydrogens is 400 g/mol. The second-order valence-electron chi connectivity index (χ2n) is 7.12. The van der Waals surface area contributed by atoms with E-state index in [9.17, 15) is 13.2 Å². The van der Waals surface area contributed by atoms with Crippen LogP contribution >= 0.6 is 11.6 Å². The van der Waals surface area contributed by atoms with E-state index in [4.69, 9.17) is 16.3 Å². The first-order valence-corrected chi connectivity index (χ1v) is 10.9. The molecule has 28 heavy (non-hydrogen) atoms. The van der Waals surface area contributed by atoms with Crippen LogP contribution in [0, 0.1) is 26.7 Å². The third-order valence-electron chi connectivity index (χ3n) is 4.94. The van der Waals surface area contributed by atoms with Crippen molar-refractivity contribution in [2.45, 2.75) is 38.5 Å². The van der Waals surface area contributed by atoms with Gasteiger partial charge < -0.3 is 4.74 Å². The Balaban J connectivity index is 1.67. The van der Waals surface area contributed by atoms with Crippen LogP contribution in [0.3, 0.4) is 0 Å². The first-order chi connectivity index (χ1) is 13.2. The van der Waals surface area contributed by atoms with E-state index < -0.39 is 10.0 Å². The van der Waals surface area contributed by atoms with E-state index in [1.54, 1.807) is 0 Å². The number of benzene rings is 1. The summed E-state index contributed by atoms with van der Waals surface area (Å²) in [7, 11) is -3.73. The second-order valence-corrected chi connectivity index (χ2v) is 9.38. The number of hydrogen-bond donors (Lipinski definition) is 0. The van der Waals surface area contributed by atoms with Gasteiger partial charge in [0, 0.05) is 19.3 Å². The lowest BCUT2D eigenvalue weighted by molar-refractivity contribution is -0.140. The topological polar surface area (TPSA) is 76.6 Å². The van der Waals surface area contributed by atoms with Crippen LogP contribution in [0.2, 0.25) is 5.15 Å². The summed E-state index contributed by atoms with van der Waals surface area (Å²) in [6.07, 6.45) is 2.25. The summed E-state index contributed by atoms with van der Waals surface area (Å²) in [6.45, 7) is 6.29. The summed E-state index contributed by atoms with van der Waals surface area (Å²) < 4.78 is 32.6. The third-order valence-corrected chi connectivity index (χ3v) is 7.28. The lowest BCUT2D eigenvalue weighted by atomic mass is 9.98. The Morgan fingerprint density at radius 2 is 1.79 bits per heavy atom. The smallest absolute Gasteiger partial charge is 0.314 e. The molecule has 3 rings (SSSR count). The predicted molar refractivity (Wildman–Crippen MR) is 107 cm³/mol. The molecule has 6 nitrogen and oxygen atoms in total. The van der Waals surface area contributed by atoms with Crippen LogP contribution < -0.4 is 4.74 Å². The molecule has 1 aliphatic rings. The van der Waals surface area contributed by atoms with Crippen molar-refractivity contribution in [3.8, 4) is 5.75 Å². The SMILES string of the molecule is Cc1cc(C)c(OC(=O)C2CCN(S(=O)(=O)c3cccnc3Cl)CC2)c(C)c1. The molecule has 0 bridgehead atoms. The highest BCUT2D eigenvalue weighted by Crippen LogP contribution is 2.30. The largest absolute Gasteiger partial charge is 0.426 e. The molecule has 1 fully saturated rings. The lowest BCUT2D eigenvalue weighted by Gasteiger charge is -2.30. The molecule has 0 saturated carbocycles. The van der Waals surface area contributed by atoms with E-state index >= 15 is 0 Å². The summed E-state index contributed by atoms with van der Waals surface area (Å²) in [5, 5.41) is -0.0469. The van der Waals surface area contributed by atoms with Gasteiger partial charge in [-0.1, -0.05) is 29.3 Å². The van der Waals surface area contributed by atoms with Crippen LogP contribution in [0.15, 0.2) is 35.4 Å². The lowest BCUT2D eigenvalue weighted by Crippen LogP contribution is -2.41. The van der Waals surface area contributed by atoms with Gasteiger partial charge in [-0.3, -0.25) is 4.79 Å². The fourth-order valence-corrected chi connectivity index (χ4v) is 5.44. The molecule has 1 aromatic heterocycles. The maximum atomic E-state index is 12.8. The molecule has 0 radical (unpaired) electrons. The zero-order valence-electron chi connectivity index (χ0n) is 16.1. The van der Waals surface area contributed by atoms with Crippen LogP contribution in [0.4, 0.5) is 0 Å². The van der Waals surface area contributed by atoms with Crippen molar-refractivity contribution < 1.29 is 17.9 Å². The number of hydrogen-bond acceptors (Lipinski definition) is 5. The van der Waals surface area contributed by atoms with Gasteiger partial charge in [-0.15, -0.1) is 0 Å². The van der Waals surface area contributed by atoms with E-state index in [0.717, 1.165) is 16.7 Å². The van der Waals surface area contributed by atoms with E-state index in [-0.39, 0.29) is 35.0 Å². The Morgan fingerprint density at radius 3 is 2.36 bits per heavy atom. The summed E-state index contributed by atoms with van der Waals surface area (Å²) in [5.41, 5.74) is 2.94. The number of aromatic nitrogens is 1. The Morgan fingerprint density at radius 1 is 1.18 bits per heavy atom. The van der Waals surface area contributed by atoms with E-state index in [1.165, 1.54) is 22.6 Å². The van der Waals surface area contributed by atoms with Crippen LogP contribution in [0.5, 0.6) is 5.75 Å². The van der Waals surface area contributed by atoms with E-state index in [1.807, 2.05) is 32.9 Å². The van der Waals surface area contributed by atoms with Crippen molar-refractivity contribution in [1.82, 2.24) is 9.29 Å². The molecule has 2 heterocycles. The number of carbonyl (C=O) groups excluding carboxylic acids is 1. The van der Waals surface area contributed by atoms with Crippen molar-refractivity contribution >= 4 is 27.6 Å². The highest BCUT2D eigenvalue weighted by atomic mass is 35.5. The summed E-state index contributed by atoms with van der Waals surface area (Å²) in [6, 6.07) is 6.92. The molecule has 1 aromatic carbocycles. The van der Waals surface area contributed by atoms with Gasteiger partial charge >= 0.3 is 5.97 Å². The fraction of sp³-hybridized carbons (Fsp3) is 0.400. The zero-order valence-corrected chi connectivity index (χ0v) is 17.7. The van der Waals surface area contributed by atoms with Gasteiger partial charge in [-0.2, -0.15) is 4.31 Å². The van der Waals surface area contributed by atoms with Crippen LogP contribution in [-0.2, 0) is 14.8 Å². The number of halogens is 1. The molecule has 8 heteroatoms. The standard InChI is InChI=1S/C20H23ClN2O4S/c1-13-11-14(2)18(15(3)12-13)27-20(24)16-6-9-23(10-7-16)28(25,26)17-5-4-8-22-19(17)21/h4-5,8,11-12,16H,6-7,9-10H2,1-3H3. The minimum Gasteiger partial charge on any atom is -0.426 e. The van der Waals surface area contributed by atoms with Crippen molar-refractivity contribution in [3.63, 3.8) is 0 Å². The molecule has 0 aliphatic carbocycles. The number of carbonyl (C=O) groups is 1. The van der Waals surface area contributed by atoms with Gasteiger partial charge in [0.2, 0.25) is 10.0 Å².